The zero-order valence-electron chi connectivity index (χ0n) is 9.99. The molecule has 6 heteroatoms. The van der Waals surface area contributed by atoms with Crippen LogP contribution in [0.4, 0.5) is 5.82 Å². The van der Waals surface area contributed by atoms with Gasteiger partial charge in [-0.2, -0.15) is 0 Å². The number of aryl methyl sites for hydroxylation is 1. The SMILES string of the molecule is CCc1nc(C2COCCO2)nc(NC)c1Br. The van der Waals surface area contributed by atoms with Gasteiger partial charge in [0.15, 0.2) is 5.82 Å². The van der Waals surface area contributed by atoms with Crippen molar-refractivity contribution in [1.29, 1.82) is 0 Å². The van der Waals surface area contributed by atoms with Crippen LogP contribution >= 0.6 is 15.9 Å². The molecule has 1 aromatic rings. The summed E-state index contributed by atoms with van der Waals surface area (Å²) in [5, 5.41) is 3.06. The molecule has 17 heavy (non-hydrogen) atoms. The summed E-state index contributed by atoms with van der Waals surface area (Å²) in [6, 6.07) is 0. The van der Waals surface area contributed by atoms with Crippen LogP contribution in [0.15, 0.2) is 4.47 Å². The molecule has 94 valence electrons. The maximum absolute atomic E-state index is 5.61. The highest BCUT2D eigenvalue weighted by Crippen LogP contribution is 2.27. The van der Waals surface area contributed by atoms with Gasteiger partial charge >= 0.3 is 0 Å². The third-order valence-electron chi connectivity index (χ3n) is 2.61. The van der Waals surface area contributed by atoms with E-state index in [4.69, 9.17) is 9.47 Å². The molecule has 0 aromatic carbocycles. The van der Waals surface area contributed by atoms with Gasteiger partial charge in [0.1, 0.15) is 11.9 Å². The fraction of sp³-hybridized carbons (Fsp3) is 0.636. The van der Waals surface area contributed by atoms with Crippen LogP contribution in [0.5, 0.6) is 0 Å². The molecule has 2 heterocycles. The molecule has 5 nitrogen and oxygen atoms in total. The lowest BCUT2D eigenvalue weighted by Crippen LogP contribution is -2.24. The summed E-state index contributed by atoms with van der Waals surface area (Å²) in [5.41, 5.74) is 0.980. The molecule has 0 saturated carbocycles. The van der Waals surface area contributed by atoms with Gasteiger partial charge in [-0.3, -0.25) is 0 Å². The summed E-state index contributed by atoms with van der Waals surface area (Å²) in [6.45, 7) is 3.83. The molecule has 2 rings (SSSR count). The molecule has 0 radical (unpaired) electrons. The van der Waals surface area contributed by atoms with E-state index in [0.29, 0.717) is 25.6 Å². The summed E-state index contributed by atoms with van der Waals surface area (Å²) in [7, 11) is 1.84. The number of rotatable bonds is 3. The Morgan fingerprint density at radius 2 is 2.24 bits per heavy atom. The molecule has 0 aliphatic carbocycles. The van der Waals surface area contributed by atoms with Crippen molar-refractivity contribution in [2.24, 2.45) is 0 Å². The molecule has 1 atom stereocenters. The first-order chi connectivity index (χ1) is 8.26. The quantitative estimate of drug-likeness (QED) is 0.924. The number of anilines is 1. The van der Waals surface area contributed by atoms with Gasteiger partial charge in [-0.1, -0.05) is 6.92 Å². The van der Waals surface area contributed by atoms with Gasteiger partial charge in [0.25, 0.3) is 0 Å². The predicted molar refractivity (Wildman–Crippen MR) is 68.2 cm³/mol. The standard InChI is InChI=1S/C11H16BrN3O2/c1-3-7-9(12)11(13-2)15-10(14-7)8-6-16-4-5-17-8/h8H,3-6H2,1-2H3,(H,13,14,15). The molecule has 1 fully saturated rings. The monoisotopic (exact) mass is 301 g/mol. The number of ether oxygens (including phenoxy) is 2. The molecule has 0 spiro atoms. The first-order valence-electron chi connectivity index (χ1n) is 5.69. The normalized spacial score (nSPS) is 20.3. The van der Waals surface area contributed by atoms with Crippen LogP contribution in [-0.2, 0) is 15.9 Å². The van der Waals surface area contributed by atoms with Crippen LogP contribution in [0.1, 0.15) is 24.5 Å². The number of aromatic nitrogens is 2. The van der Waals surface area contributed by atoms with E-state index in [2.05, 4.69) is 38.1 Å². The van der Waals surface area contributed by atoms with Gasteiger partial charge in [-0.05, 0) is 22.4 Å². The highest BCUT2D eigenvalue weighted by molar-refractivity contribution is 9.10. The minimum atomic E-state index is -0.158. The third kappa shape index (κ3) is 2.75. The molecule has 1 unspecified atom stereocenters. The van der Waals surface area contributed by atoms with Crippen LogP contribution in [0.3, 0.4) is 0 Å². The third-order valence-corrected chi connectivity index (χ3v) is 3.45. The van der Waals surface area contributed by atoms with E-state index in [9.17, 15) is 0 Å². The Hall–Kier alpha value is -0.720. The van der Waals surface area contributed by atoms with Crippen LogP contribution in [-0.4, -0.2) is 36.8 Å². The van der Waals surface area contributed by atoms with Crippen molar-refractivity contribution in [3.05, 3.63) is 16.0 Å². The van der Waals surface area contributed by atoms with E-state index in [0.717, 1.165) is 22.4 Å². The lowest BCUT2D eigenvalue weighted by Gasteiger charge is -2.22. The Morgan fingerprint density at radius 1 is 1.41 bits per heavy atom. The molecule has 1 saturated heterocycles. The Kier molecular flexibility index (Phi) is 4.31. The lowest BCUT2D eigenvalue weighted by atomic mass is 10.2. The molecule has 1 aliphatic heterocycles. The zero-order chi connectivity index (χ0) is 12.3. The average molecular weight is 302 g/mol. The second-order valence-corrected chi connectivity index (χ2v) is 4.52. The highest BCUT2D eigenvalue weighted by atomic mass is 79.9. The first kappa shape index (κ1) is 12.7. The fourth-order valence-electron chi connectivity index (χ4n) is 1.69. The summed E-state index contributed by atoms with van der Waals surface area (Å²) in [6.07, 6.45) is 0.687. The number of halogens is 1. The van der Waals surface area contributed by atoms with E-state index >= 15 is 0 Å². The number of nitrogens with one attached hydrogen (secondary N) is 1. The molecule has 1 N–H and O–H groups in total. The van der Waals surface area contributed by atoms with E-state index in [-0.39, 0.29) is 6.10 Å². The van der Waals surface area contributed by atoms with Crippen molar-refractivity contribution in [2.75, 3.05) is 32.2 Å². The fourth-order valence-corrected chi connectivity index (χ4v) is 2.35. The smallest absolute Gasteiger partial charge is 0.162 e. The van der Waals surface area contributed by atoms with Gasteiger partial charge in [0.05, 0.1) is 30.0 Å². The van der Waals surface area contributed by atoms with Crippen molar-refractivity contribution >= 4 is 21.7 Å². The van der Waals surface area contributed by atoms with Gasteiger partial charge in [-0.15, -0.1) is 0 Å². The number of hydrogen-bond donors (Lipinski definition) is 1. The van der Waals surface area contributed by atoms with Crippen molar-refractivity contribution in [1.82, 2.24) is 9.97 Å². The topological polar surface area (TPSA) is 56.3 Å². The van der Waals surface area contributed by atoms with Crippen LogP contribution < -0.4 is 5.32 Å². The van der Waals surface area contributed by atoms with E-state index in [1.165, 1.54) is 0 Å². The molecule has 0 amide bonds. The van der Waals surface area contributed by atoms with Crippen molar-refractivity contribution in [3.63, 3.8) is 0 Å². The average Bonchev–Trinajstić information content (AvgIpc) is 2.40. The van der Waals surface area contributed by atoms with Crippen molar-refractivity contribution < 1.29 is 9.47 Å². The molecular formula is C11H16BrN3O2. The molecular weight excluding hydrogens is 286 g/mol. The summed E-state index contributed by atoms with van der Waals surface area (Å²) in [5.74, 6) is 1.48. The summed E-state index contributed by atoms with van der Waals surface area (Å²) < 4.78 is 11.9. The van der Waals surface area contributed by atoms with Gasteiger partial charge in [-0.25, -0.2) is 9.97 Å². The second-order valence-electron chi connectivity index (χ2n) is 3.73. The van der Waals surface area contributed by atoms with Gasteiger partial charge in [0.2, 0.25) is 0 Å². The van der Waals surface area contributed by atoms with E-state index in [1.54, 1.807) is 0 Å². The number of hydrogen-bond acceptors (Lipinski definition) is 5. The van der Waals surface area contributed by atoms with E-state index < -0.39 is 0 Å². The molecule has 1 aromatic heterocycles. The number of nitrogens with zero attached hydrogens (tertiary/aromatic N) is 2. The second kappa shape index (κ2) is 5.75. The summed E-state index contributed by atoms with van der Waals surface area (Å²) in [4.78, 5) is 8.97. The summed E-state index contributed by atoms with van der Waals surface area (Å²) >= 11 is 3.50. The predicted octanol–water partition coefficient (Wildman–Crippen LogP) is 1.93. The Balaban J connectivity index is 2.33. The minimum Gasteiger partial charge on any atom is -0.376 e. The largest absolute Gasteiger partial charge is 0.376 e. The zero-order valence-corrected chi connectivity index (χ0v) is 11.6. The van der Waals surface area contributed by atoms with Crippen molar-refractivity contribution in [3.8, 4) is 0 Å². The lowest BCUT2D eigenvalue weighted by molar-refractivity contribution is -0.0935. The Bertz CT molecular complexity index is 369. The Morgan fingerprint density at radius 3 is 2.82 bits per heavy atom. The van der Waals surface area contributed by atoms with Gasteiger partial charge < -0.3 is 14.8 Å². The van der Waals surface area contributed by atoms with Crippen LogP contribution in [0.2, 0.25) is 0 Å². The van der Waals surface area contributed by atoms with Crippen LogP contribution in [0, 0.1) is 0 Å². The maximum atomic E-state index is 5.61. The first-order valence-corrected chi connectivity index (χ1v) is 6.49. The van der Waals surface area contributed by atoms with Gasteiger partial charge in [0, 0.05) is 7.05 Å². The minimum absolute atomic E-state index is 0.158. The molecule has 1 aliphatic rings. The van der Waals surface area contributed by atoms with Crippen LogP contribution in [0.25, 0.3) is 0 Å². The highest BCUT2D eigenvalue weighted by Gasteiger charge is 2.22. The maximum Gasteiger partial charge on any atom is 0.162 e. The Labute approximate surface area is 109 Å². The van der Waals surface area contributed by atoms with Crippen molar-refractivity contribution in [2.45, 2.75) is 19.4 Å². The van der Waals surface area contributed by atoms with E-state index in [1.807, 2.05) is 7.05 Å². The molecule has 0 bridgehead atoms.